The molecule has 3 nitrogen and oxygen atoms in total. The van der Waals surface area contributed by atoms with Crippen LogP contribution in [-0.2, 0) is 0 Å². The molecular weight excluding hydrogens is 224 g/mol. The van der Waals surface area contributed by atoms with Gasteiger partial charge in [-0.05, 0) is 18.6 Å². The zero-order valence-electron chi connectivity index (χ0n) is 11.8. The van der Waals surface area contributed by atoms with E-state index < -0.39 is 0 Å². The highest BCUT2D eigenvalue weighted by Gasteiger charge is 2.14. The minimum Gasteiger partial charge on any atom is -0.340 e. The summed E-state index contributed by atoms with van der Waals surface area (Å²) >= 11 is 0. The van der Waals surface area contributed by atoms with Crippen LogP contribution in [-0.4, -0.2) is 44.5 Å². The van der Waals surface area contributed by atoms with E-state index in [-0.39, 0.29) is 5.91 Å². The number of rotatable bonds is 7. The summed E-state index contributed by atoms with van der Waals surface area (Å²) in [6.07, 6.45) is 2.06. The average molecular weight is 249 g/mol. The molecule has 0 heterocycles. The Morgan fingerprint density at radius 1 is 1.17 bits per heavy atom. The van der Waals surface area contributed by atoms with Gasteiger partial charge < -0.3 is 9.80 Å². The number of amides is 1. The Labute approximate surface area is 110 Å². The van der Waals surface area contributed by atoms with Gasteiger partial charge in [-0.1, -0.05) is 25.1 Å². The van der Waals surface area contributed by atoms with Crippen molar-refractivity contribution in [2.24, 2.45) is 0 Å². The third-order valence-electron chi connectivity index (χ3n) is 2.91. The summed E-state index contributed by atoms with van der Waals surface area (Å²) in [6, 6.07) is 9.56. The fourth-order valence-corrected chi connectivity index (χ4v) is 1.97. The number of carbonyl (C=O) groups excluding carboxylic acids is 1. The molecule has 100 valence electrons. The Bertz CT molecular complexity index is 349. The summed E-state index contributed by atoms with van der Waals surface area (Å²) in [5, 5.41) is 0. The normalized spacial score (nSPS) is 10.7. The molecule has 0 radical (unpaired) electrons. The lowest BCUT2D eigenvalue weighted by atomic mass is 10.2. The van der Waals surface area contributed by atoms with Crippen LogP contribution in [0.25, 0.3) is 0 Å². The van der Waals surface area contributed by atoms with Gasteiger partial charge in [0.15, 0.2) is 0 Å². The molecule has 0 aliphatic rings. The van der Waals surface area contributed by atoms with E-state index in [0.717, 1.165) is 38.0 Å². The molecule has 1 aromatic carbocycles. The van der Waals surface area contributed by atoms with E-state index in [1.54, 1.807) is 0 Å². The van der Waals surface area contributed by atoms with Gasteiger partial charge in [-0.3, -0.25) is 4.79 Å². The van der Waals surface area contributed by atoms with Crippen molar-refractivity contribution in [1.29, 1.82) is 0 Å². The predicted octanol–water partition coefficient (Wildman–Crippen LogP) is 1.07. The van der Waals surface area contributed by atoms with Crippen LogP contribution in [0.15, 0.2) is 30.3 Å². The van der Waals surface area contributed by atoms with E-state index in [1.807, 2.05) is 35.2 Å². The largest absolute Gasteiger partial charge is 0.340 e. The van der Waals surface area contributed by atoms with Crippen LogP contribution >= 0.6 is 0 Å². The standard InChI is InChI=1S/C15H24N2O/c1-4-11-17(13-8-12-16(2)3)15(18)14-9-6-5-7-10-14/h5-7,9-10H,4,8,11-13H2,1-3H3/p+1. The van der Waals surface area contributed by atoms with E-state index in [0.29, 0.717) is 0 Å². The lowest BCUT2D eigenvalue weighted by molar-refractivity contribution is -0.858. The topological polar surface area (TPSA) is 24.8 Å². The van der Waals surface area contributed by atoms with E-state index >= 15 is 0 Å². The second-order valence-corrected chi connectivity index (χ2v) is 4.97. The first-order chi connectivity index (χ1) is 8.65. The second-order valence-electron chi connectivity index (χ2n) is 4.97. The number of carbonyl (C=O) groups is 1. The summed E-state index contributed by atoms with van der Waals surface area (Å²) in [5.41, 5.74) is 0.795. The highest BCUT2D eigenvalue weighted by atomic mass is 16.2. The van der Waals surface area contributed by atoms with Crippen molar-refractivity contribution in [1.82, 2.24) is 4.90 Å². The highest BCUT2D eigenvalue weighted by Crippen LogP contribution is 2.05. The van der Waals surface area contributed by atoms with Gasteiger partial charge >= 0.3 is 0 Å². The molecule has 1 amide bonds. The van der Waals surface area contributed by atoms with Gasteiger partial charge in [0.25, 0.3) is 5.91 Å². The Balaban J connectivity index is 2.58. The molecule has 0 unspecified atom stereocenters. The minimum atomic E-state index is 0.159. The molecule has 0 fully saturated rings. The SMILES string of the molecule is CCCN(CCC[NH+](C)C)C(=O)c1ccccc1. The molecule has 0 atom stereocenters. The van der Waals surface area contributed by atoms with Crippen molar-refractivity contribution in [3.8, 4) is 0 Å². The molecule has 1 rings (SSSR count). The molecule has 0 spiro atoms. The maximum Gasteiger partial charge on any atom is 0.253 e. The summed E-state index contributed by atoms with van der Waals surface area (Å²) in [7, 11) is 4.28. The summed E-state index contributed by atoms with van der Waals surface area (Å²) in [6.45, 7) is 4.91. The first-order valence-electron chi connectivity index (χ1n) is 6.78. The quantitative estimate of drug-likeness (QED) is 0.768. The monoisotopic (exact) mass is 249 g/mol. The third-order valence-corrected chi connectivity index (χ3v) is 2.91. The third kappa shape index (κ3) is 4.88. The van der Waals surface area contributed by atoms with Crippen LogP contribution in [0.4, 0.5) is 0 Å². The van der Waals surface area contributed by atoms with Crippen molar-refractivity contribution >= 4 is 5.91 Å². The zero-order chi connectivity index (χ0) is 13.4. The maximum absolute atomic E-state index is 12.3. The number of quaternary nitrogens is 1. The van der Waals surface area contributed by atoms with Gasteiger partial charge in [0, 0.05) is 25.1 Å². The van der Waals surface area contributed by atoms with Crippen molar-refractivity contribution in [3.63, 3.8) is 0 Å². The Kier molecular flexibility index (Phi) is 6.44. The van der Waals surface area contributed by atoms with E-state index in [1.165, 1.54) is 4.90 Å². The van der Waals surface area contributed by atoms with Crippen LogP contribution < -0.4 is 4.90 Å². The van der Waals surface area contributed by atoms with Crippen LogP contribution in [0.1, 0.15) is 30.1 Å². The number of benzene rings is 1. The van der Waals surface area contributed by atoms with Gasteiger partial charge in [-0.2, -0.15) is 0 Å². The van der Waals surface area contributed by atoms with Gasteiger partial charge in [-0.15, -0.1) is 0 Å². The van der Waals surface area contributed by atoms with Crippen molar-refractivity contribution in [2.75, 3.05) is 33.7 Å². The van der Waals surface area contributed by atoms with Crippen molar-refractivity contribution in [3.05, 3.63) is 35.9 Å². The summed E-state index contributed by atoms with van der Waals surface area (Å²) < 4.78 is 0. The van der Waals surface area contributed by atoms with Gasteiger partial charge in [-0.25, -0.2) is 0 Å². The van der Waals surface area contributed by atoms with Crippen molar-refractivity contribution in [2.45, 2.75) is 19.8 Å². The Morgan fingerprint density at radius 3 is 2.39 bits per heavy atom. The Morgan fingerprint density at radius 2 is 1.83 bits per heavy atom. The average Bonchev–Trinajstić information content (AvgIpc) is 2.37. The lowest BCUT2D eigenvalue weighted by Gasteiger charge is -2.22. The Hall–Kier alpha value is -1.35. The molecule has 0 saturated heterocycles. The second kappa shape index (κ2) is 7.88. The molecule has 0 aliphatic carbocycles. The van der Waals surface area contributed by atoms with E-state index in [9.17, 15) is 4.79 Å². The van der Waals surface area contributed by atoms with Crippen LogP contribution in [0.2, 0.25) is 0 Å². The lowest BCUT2D eigenvalue weighted by Crippen LogP contribution is -3.05. The molecule has 3 heteroatoms. The fraction of sp³-hybridized carbons (Fsp3) is 0.533. The molecule has 0 aliphatic heterocycles. The highest BCUT2D eigenvalue weighted by molar-refractivity contribution is 5.94. The molecule has 0 bridgehead atoms. The van der Waals surface area contributed by atoms with Crippen LogP contribution in [0.3, 0.4) is 0 Å². The van der Waals surface area contributed by atoms with E-state index in [4.69, 9.17) is 0 Å². The summed E-state index contributed by atoms with van der Waals surface area (Å²) in [5.74, 6) is 0.159. The molecular formula is C15H25N2O+. The minimum absolute atomic E-state index is 0.159. The first-order valence-corrected chi connectivity index (χ1v) is 6.78. The summed E-state index contributed by atoms with van der Waals surface area (Å²) in [4.78, 5) is 15.7. The van der Waals surface area contributed by atoms with Crippen LogP contribution in [0, 0.1) is 0 Å². The number of hydrogen-bond donors (Lipinski definition) is 1. The van der Waals surface area contributed by atoms with Gasteiger partial charge in [0.2, 0.25) is 0 Å². The number of hydrogen-bond acceptors (Lipinski definition) is 1. The molecule has 0 saturated carbocycles. The first kappa shape index (κ1) is 14.7. The number of nitrogens with zero attached hydrogens (tertiary/aromatic N) is 1. The number of nitrogens with one attached hydrogen (secondary N) is 1. The van der Waals surface area contributed by atoms with Gasteiger partial charge in [0.05, 0.1) is 20.6 Å². The molecule has 1 N–H and O–H groups in total. The van der Waals surface area contributed by atoms with Crippen molar-refractivity contribution < 1.29 is 9.69 Å². The smallest absolute Gasteiger partial charge is 0.253 e. The fourth-order valence-electron chi connectivity index (χ4n) is 1.97. The van der Waals surface area contributed by atoms with Gasteiger partial charge in [0.1, 0.15) is 0 Å². The maximum atomic E-state index is 12.3. The van der Waals surface area contributed by atoms with Crippen LogP contribution in [0.5, 0.6) is 0 Å². The molecule has 18 heavy (non-hydrogen) atoms. The predicted molar refractivity (Wildman–Crippen MR) is 74.9 cm³/mol. The molecule has 0 aromatic heterocycles. The molecule has 1 aromatic rings. The zero-order valence-corrected chi connectivity index (χ0v) is 11.8. The van der Waals surface area contributed by atoms with E-state index in [2.05, 4.69) is 21.0 Å².